The van der Waals surface area contributed by atoms with Crippen molar-refractivity contribution in [1.29, 1.82) is 0 Å². The summed E-state index contributed by atoms with van der Waals surface area (Å²) >= 11 is 6.37. The Kier molecular flexibility index (Phi) is 3.59. The lowest BCUT2D eigenvalue weighted by Gasteiger charge is -2.53. The van der Waals surface area contributed by atoms with Crippen molar-refractivity contribution in [2.75, 3.05) is 11.5 Å². The molecule has 3 aromatic rings. The first-order valence-corrected chi connectivity index (χ1v) is 10.4. The Morgan fingerprint density at radius 3 is 2.00 bits per heavy atom. The van der Waals surface area contributed by atoms with Gasteiger partial charge in [-0.25, -0.2) is 4.90 Å². The van der Waals surface area contributed by atoms with E-state index in [0.29, 0.717) is 10.7 Å². The molecule has 5 heteroatoms. The molecular formula is C25H18ClNO3. The van der Waals surface area contributed by atoms with E-state index in [1.165, 1.54) is 4.90 Å². The van der Waals surface area contributed by atoms with Crippen molar-refractivity contribution in [3.05, 3.63) is 100 Å². The number of nitrogens with zero attached hydrogens (tertiary/aromatic N) is 1. The molecule has 0 radical (unpaired) electrons. The number of carbonyl (C=O) groups is 2. The molecule has 3 aliphatic carbocycles. The van der Waals surface area contributed by atoms with Gasteiger partial charge >= 0.3 is 0 Å². The second kappa shape index (κ2) is 6.03. The van der Waals surface area contributed by atoms with Gasteiger partial charge in [0.1, 0.15) is 0 Å². The van der Waals surface area contributed by atoms with Crippen LogP contribution >= 0.6 is 11.6 Å². The molecule has 0 spiro atoms. The largest absolute Gasteiger partial charge is 0.395 e. The van der Waals surface area contributed by atoms with E-state index in [1.807, 2.05) is 48.5 Å². The first-order chi connectivity index (χ1) is 14.6. The first kappa shape index (κ1) is 17.9. The Labute approximate surface area is 178 Å². The molecule has 1 heterocycles. The van der Waals surface area contributed by atoms with E-state index >= 15 is 0 Å². The average Bonchev–Trinajstić information content (AvgIpc) is 3.05. The van der Waals surface area contributed by atoms with Gasteiger partial charge in [0.15, 0.2) is 0 Å². The summed E-state index contributed by atoms with van der Waals surface area (Å²) in [6.45, 7) is -0.246. The van der Waals surface area contributed by atoms with Crippen LogP contribution in [0.1, 0.15) is 28.2 Å². The molecule has 4 aliphatic rings. The molecule has 2 unspecified atom stereocenters. The van der Waals surface area contributed by atoms with Gasteiger partial charge in [-0.3, -0.25) is 9.59 Å². The van der Waals surface area contributed by atoms with Crippen molar-refractivity contribution in [3.63, 3.8) is 0 Å². The van der Waals surface area contributed by atoms with Gasteiger partial charge < -0.3 is 5.11 Å². The predicted octanol–water partition coefficient (Wildman–Crippen LogP) is 3.88. The smallest absolute Gasteiger partial charge is 0.239 e. The normalized spacial score (nSPS) is 28.3. The van der Waals surface area contributed by atoms with E-state index in [-0.39, 0.29) is 24.3 Å². The lowest BCUT2D eigenvalue weighted by molar-refractivity contribution is -0.124. The van der Waals surface area contributed by atoms with Crippen molar-refractivity contribution >= 4 is 29.1 Å². The third-order valence-electron chi connectivity index (χ3n) is 7.14. The van der Waals surface area contributed by atoms with E-state index in [1.54, 1.807) is 24.3 Å². The Morgan fingerprint density at radius 2 is 1.40 bits per heavy atom. The quantitative estimate of drug-likeness (QED) is 0.646. The molecule has 1 fully saturated rings. The maximum Gasteiger partial charge on any atom is 0.239 e. The van der Waals surface area contributed by atoms with Crippen molar-refractivity contribution in [3.8, 4) is 0 Å². The zero-order chi connectivity index (χ0) is 20.6. The van der Waals surface area contributed by atoms with E-state index in [0.717, 1.165) is 22.3 Å². The molecule has 1 saturated heterocycles. The molecule has 7 rings (SSSR count). The highest BCUT2D eigenvalue weighted by atomic mass is 35.5. The Morgan fingerprint density at radius 1 is 0.833 bits per heavy atom. The summed E-state index contributed by atoms with van der Waals surface area (Å²) in [5.74, 6) is -1.99. The molecule has 0 saturated carbocycles. The maximum atomic E-state index is 13.8. The fraction of sp³-hybridized carbons (Fsp3) is 0.200. The number of carbonyl (C=O) groups excluding carboxylic acids is 2. The number of aliphatic hydroxyl groups excluding tert-OH is 1. The lowest BCUT2D eigenvalue weighted by atomic mass is 9.47. The van der Waals surface area contributed by atoms with Crippen molar-refractivity contribution < 1.29 is 14.7 Å². The van der Waals surface area contributed by atoms with Crippen LogP contribution in [0.5, 0.6) is 0 Å². The number of aliphatic hydroxyl groups is 1. The standard InChI is InChI=1S/C25H18ClNO3/c26-18-11-5-6-12-19(18)27-23(29)21-20-14-7-1-3-9-16(14)25(13-28,22(21)24(27)30)17-10-4-2-8-15(17)20/h1-12,20-22,28H,13H2. The van der Waals surface area contributed by atoms with Crippen LogP contribution in [0.3, 0.4) is 0 Å². The van der Waals surface area contributed by atoms with Crippen LogP contribution in [0.15, 0.2) is 72.8 Å². The molecule has 2 amide bonds. The Hall–Kier alpha value is -2.95. The topological polar surface area (TPSA) is 57.6 Å². The van der Waals surface area contributed by atoms with Gasteiger partial charge in [-0.2, -0.15) is 0 Å². The van der Waals surface area contributed by atoms with E-state index in [9.17, 15) is 14.7 Å². The summed E-state index contributed by atoms with van der Waals surface area (Å²) in [6, 6.07) is 22.7. The number of hydrogen-bond donors (Lipinski definition) is 1. The van der Waals surface area contributed by atoms with Gasteiger partial charge in [0.05, 0.1) is 34.6 Å². The van der Waals surface area contributed by atoms with Crippen LogP contribution in [0.25, 0.3) is 0 Å². The summed E-state index contributed by atoms with van der Waals surface area (Å²) in [4.78, 5) is 28.8. The molecule has 2 atom stereocenters. The van der Waals surface area contributed by atoms with Crippen LogP contribution in [0.2, 0.25) is 5.02 Å². The molecule has 30 heavy (non-hydrogen) atoms. The van der Waals surface area contributed by atoms with Gasteiger partial charge in [-0.05, 0) is 34.4 Å². The van der Waals surface area contributed by atoms with Gasteiger partial charge in [0.25, 0.3) is 0 Å². The van der Waals surface area contributed by atoms with Gasteiger partial charge in [0, 0.05) is 5.92 Å². The molecule has 1 aliphatic heterocycles. The summed E-state index contributed by atoms with van der Waals surface area (Å²) in [6.07, 6.45) is 0. The predicted molar refractivity (Wildman–Crippen MR) is 114 cm³/mol. The van der Waals surface area contributed by atoms with Crippen LogP contribution in [0.4, 0.5) is 5.69 Å². The van der Waals surface area contributed by atoms with E-state index < -0.39 is 17.3 Å². The fourth-order valence-corrected chi connectivity index (χ4v) is 6.29. The number of rotatable bonds is 2. The summed E-state index contributed by atoms with van der Waals surface area (Å²) in [5.41, 5.74) is 3.39. The number of hydrogen-bond acceptors (Lipinski definition) is 3. The SMILES string of the molecule is O=C1C2C3c4ccccc4C(CO)(c4ccccc43)C2C(=O)N1c1ccccc1Cl. The molecule has 4 nitrogen and oxygen atoms in total. The third-order valence-corrected chi connectivity index (χ3v) is 7.46. The molecule has 3 aromatic carbocycles. The number of anilines is 1. The zero-order valence-electron chi connectivity index (χ0n) is 16.0. The second-order valence-corrected chi connectivity index (χ2v) is 8.66. The Bertz CT molecular complexity index is 1190. The van der Waals surface area contributed by atoms with Gasteiger partial charge in [-0.1, -0.05) is 72.3 Å². The van der Waals surface area contributed by atoms with Gasteiger partial charge in [-0.15, -0.1) is 0 Å². The number of imide groups is 1. The highest BCUT2D eigenvalue weighted by molar-refractivity contribution is 6.36. The van der Waals surface area contributed by atoms with Crippen LogP contribution in [0, 0.1) is 11.8 Å². The number of halogens is 1. The molecule has 148 valence electrons. The lowest BCUT2D eigenvalue weighted by Crippen LogP contribution is -2.55. The highest BCUT2D eigenvalue weighted by Crippen LogP contribution is 2.64. The maximum absolute atomic E-state index is 13.8. The second-order valence-electron chi connectivity index (χ2n) is 8.25. The Balaban J connectivity index is 1.66. The van der Waals surface area contributed by atoms with Gasteiger partial charge in [0.2, 0.25) is 11.8 Å². The number of para-hydroxylation sites is 1. The minimum atomic E-state index is -0.949. The monoisotopic (exact) mass is 415 g/mol. The van der Waals surface area contributed by atoms with Crippen molar-refractivity contribution in [1.82, 2.24) is 0 Å². The molecule has 2 bridgehead atoms. The van der Waals surface area contributed by atoms with Crippen LogP contribution in [-0.2, 0) is 15.0 Å². The van der Waals surface area contributed by atoms with Crippen molar-refractivity contribution in [2.24, 2.45) is 11.8 Å². The number of amides is 2. The fourth-order valence-electron chi connectivity index (χ4n) is 6.07. The van der Waals surface area contributed by atoms with Crippen LogP contribution < -0.4 is 4.90 Å². The first-order valence-electron chi connectivity index (χ1n) is 10.0. The molecule has 1 N–H and O–H groups in total. The van der Waals surface area contributed by atoms with E-state index in [2.05, 4.69) is 0 Å². The molecular weight excluding hydrogens is 398 g/mol. The van der Waals surface area contributed by atoms with E-state index in [4.69, 9.17) is 11.6 Å². The summed E-state index contributed by atoms with van der Waals surface area (Å²) in [5, 5.41) is 11.2. The average molecular weight is 416 g/mol. The summed E-state index contributed by atoms with van der Waals surface area (Å²) < 4.78 is 0. The minimum Gasteiger partial charge on any atom is -0.395 e. The van der Waals surface area contributed by atoms with Crippen molar-refractivity contribution in [2.45, 2.75) is 11.3 Å². The molecule has 0 aromatic heterocycles. The number of benzene rings is 3. The highest BCUT2D eigenvalue weighted by Gasteiger charge is 2.68. The minimum absolute atomic E-state index is 0.222. The third kappa shape index (κ3) is 1.91. The zero-order valence-corrected chi connectivity index (χ0v) is 16.7. The summed E-state index contributed by atoms with van der Waals surface area (Å²) in [7, 11) is 0. The van der Waals surface area contributed by atoms with Crippen LogP contribution in [-0.4, -0.2) is 23.5 Å².